The van der Waals surface area contributed by atoms with E-state index in [0.29, 0.717) is 24.5 Å². The topological polar surface area (TPSA) is 95.9 Å². The molecule has 2 aliphatic heterocycles. The fraction of sp³-hybridized carbons (Fsp3) is 0.348. The van der Waals surface area contributed by atoms with Crippen LogP contribution in [0.3, 0.4) is 0 Å². The number of hydrogen-bond acceptors (Lipinski definition) is 6. The van der Waals surface area contributed by atoms with Gasteiger partial charge in [0.05, 0.1) is 10.6 Å². The van der Waals surface area contributed by atoms with Crippen LogP contribution in [0.25, 0.3) is 0 Å². The molecular formula is C23H25N3O4S2. The van der Waals surface area contributed by atoms with E-state index in [0.717, 1.165) is 30.6 Å². The van der Waals surface area contributed by atoms with Crippen molar-refractivity contribution in [3.63, 3.8) is 0 Å². The zero-order valence-electron chi connectivity index (χ0n) is 17.8. The van der Waals surface area contributed by atoms with Gasteiger partial charge in [0.25, 0.3) is 10.0 Å². The number of ketones is 1. The Labute approximate surface area is 192 Å². The maximum absolute atomic E-state index is 13.2. The van der Waals surface area contributed by atoms with Crippen molar-refractivity contribution in [1.29, 1.82) is 0 Å². The first-order valence-electron chi connectivity index (χ1n) is 10.6. The molecule has 1 unspecified atom stereocenters. The maximum Gasteiger partial charge on any atom is 0.261 e. The number of sulfonamides is 1. The monoisotopic (exact) mass is 471 g/mol. The van der Waals surface area contributed by atoms with E-state index in [1.165, 1.54) is 36.2 Å². The number of likely N-dealkylation sites (tertiary alicyclic amines) is 1. The number of anilines is 1. The number of rotatable bonds is 5. The van der Waals surface area contributed by atoms with E-state index in [1.807, 2.05) is 12.3 Å². The van der Waals surface area contributed by atoms with Crippen LogP contribution >= 0.6 is 11.8 Å². The zero-order chi connectivity index (χ0) is 22.7. The van der Waals surface area contributed by atoms with Crippen molar-refractivity contribution in [1.82, 2.24) is 4.90 Å². The summed E-state index contributed by atoms with van der Waals surface area (Å²) in [6, 6.07) is 11.3. The summed E-state index contributed by atoms with van der Waals surface area (Å²) in [4.78, 5) is 33.0. The highest BCUT2D eigenvalue weighted by Gasteiger charge is 2.34. The van der Waals surface area contributed by atoms with Crippen LogP contribution in [0, 0.1) is 5.92 Å². The number of aliphatic imine (C=N–C) groups is 1. The van der Waals surface area contributed by atoms with Crippen LogP contribution in [-0.2, 0) is 14.8 Å². The van der Waals surface area contributed by atoms with E-state index in [-0.39, 0.29) is 16.4 Å². The van der Waals surface area contributed by atoms with Crippen LogP contribution in [0.5, 0.6) is 0 Å². The number of benzene rings is 2. The molecule has 4 rings (SSSR count). The first-order chi connectivity index (χ1) is 15.4. The number of fused-ring (bicyclic) bond motifs is 1. The maximum atomic E-state index is 13.2. The lowest BCUT2D eigenvalue weighted by Gasteiger charge is -2.25. The Hall–Kier alpha value is -2.65. The van der Waals surface area contributed by atoms with E-state index >= 15 is 0 Å². The number of Topliss-reactive ketones (excluding diaryl/α,β-unsaturated/α-hetero) is 1. The summed E-state index contributed by atoms with van der Waals surface area (Å²) in [5.74, 6) is -1.68. The molecule has 32 heavy (non-hydrogen) atoms. The summed E-state index contributed by atoms with van der Waals surface area (Å²) in [6.45, 7) is 1.27. The van der Waals surface area contributed by atoms with Gasteiger partial charge in [0, 0.05) is 35.5 Å². The van der Waals surface area contributed by atoms with Gasteiger partial charge in [0.1, 0.15) is 5.92 Å². The smallest absolute Gasteiger partial charge is 0.261 e. The predicted octanol–water partition coefficient (Wildman–Crippen LogP) is 4.13. The number of nitrogens with one attached hydrogen (secondary N) is 1. The molecule has 1 saturated heterocycles. The van der Waals surface area contributed by atoms with E-state index in [4.69, 9.17) is 0 Å². The van der Waals surface area contributed by atoms with Gasteiger partial charge in [-0.1, -0.05) is 18.9 Å². The lowest BCUT2D eigenvalue weighted by molar-refractivity contribution is -0.131. The fourth-order valence-electron chi connectivity index (χ4n) is 3.95. The van der Waals surface area contributed by atoms with E-state index in [9.17, 15) is 18.0 Å². The number of amides is 1. The third-order valence-electron chi connectivity index (χ3n) is 5.69. The van der Waals surface area contributed by atoms with Crippen molar-refractivity contribution in [3.05, 3.63) is 48.0 Å². The third-order valence-corrected chi connectivity index (χ3v) is 7.80. The summed E-state index contributed by atoms with van der Waals surface area (Å²) >= 11 is 1.51. The molecule has 2 aliphatic rings. The number of carbonyl (C=O) groups is 2. The predicted molar refractivity (Wildman–Crippen MR) is 126 cm³/mol. The highest BCUT2D eigenvalue weighted by atomic mass is 32.2. The lowest BCUT2D eigenvalue weighted by atomic mass is 9.93. The first-order valence-corrected chi connectivity index (χ1v) is 13.3. The first kappa shape index (κ1) is 22.5. The van der Waals surface area contributed by atoms with E-state index in [1.54, 1.807) is 23.1 Å². The van der Waals surface area contributed by atoms with Crippen molar-refractivity contribution < 1.29 is 18.0 Å². The minimum atomic E-state index is -3.92. The third kappa shape index (κ3) is 4.73. The Morgan fingerprint density at radius 2 is 1.84 bits per heavy atom. The summed E-state index contributed by atoms with van der Waals surface area (Å²) in [6.07, 6.45) is 7.30. The number of nitrogens with zero attached hydrogens (tertiary/aromatic N) is 2. The highest BCUT2D eigenvalue weighted by Crippen LogP contribution is 2.31. The Bertz CT molecular complexity index is 1170. The molecule has 0 radical (unpaired) electrons. The van der Waals surface area contributed by atoms with Crippen molar-refractivity contribution in [2.45, 2.75) is 35.5 Å². The standard InChI is InChI=1S/C23H25N3O4S2/c1-31-17-8-6-7-16(13-17)25-32(29,30)18-9-10-21-19(14-18)22(27)20(15-24-21)23(28)26-11-4-2-3-5-12-26/h6-10,13-15,20,25H,2-5,11-12H2,1H3. The van der Waals surface area contributed by atoms with Gasteiger partial charge in [-0.25, -0.2) is 8.42 Å². The summed E-state index contributed by atoms with van der Waals surface area (Å²) < 4.78 is 28.5. The second kappa shape index (κ2) is 9.46. The minimum Gasteiger partial charge on any atom is -0.342 e. The molecule has 1 amide bonds. The molecular weight excluding hydrogens is 446 g/mol. The van der Waals surface area contributed by atoms with Gasteiger partial charge in [-0.3, -0.25) is 19.3 Å². The highest BCUT2D eigenvalue weighted by molar-refractivity contribution is 7.98. The van der Waals surface area contributed by atoms with E-state index < -0.39 is 21.7 Å². The molecule has 0 saturated carbocycles. The molecule has 168 valence electrons. The molecule has 0 bridgehead atoms. The second-order valence-electron chi connectivity index (χ2n) is 7.88. The number of thioether (sulfide) groups is 1. The number of hydrogen-bond donors (Lipinski definition) is 1. The van der Waals surface area contributed by atoms with Crippen LogP contribution in [0.2, 0.25) is 0 Å². The SMILES string of the molecule is CSc1cccc(NS(=O)(=O)c2ccc3c(c2)C(=O)C(C(=O)N2CCCCCC2)C=N3)c1. The molecule has 0 aliphatic carbocycles. The Morgan fingerprint density at radius 1 is 1.09 bits per heavy atom. The van der Waals surface area contributed by atoms with Gasteiger partial charge in [0.15, 0.2) is 5.78 Å². The van der Waals surface area contributed by atoms with Gasteiger partial charge in [0.2, 0.25) is 5.91 Å². The van der Waals surface area contributed by atoms with Crippen molar-refractivity contribution in [2.24, 2.45) is 10.9 Å². The largest absolute Gasteiger partial charge is 0.342 e. The molecule has 2 heterocycles. The van der Waals surface area contributed by atoms with Crippen molar-refractivity contribution in [2.75, 3.05) is 24.1 Å². The van der Waals surface area contributed by atoms with Crippen LogP contribution in [-0.4, -0.2) is 50.6 Å². The molecule has 1 atom stereocenters. The lowest BCUT2D eigenvalue weighted by Crippen LogP contribution is -2.41. The van der Waals surface area contributed by atoms with Crippen LogP contribution < -0.4 is 4.72 Å². The molecule has 1 N–H and O–H groups in total. The summed E-state index contributed by atoms with van der Waals surface area (Å²) in [5.41, 5.74) is 0.966. The van der Waals surface area contributed by atoms with Gasteiger partial charge < -0.3 is 4.90 Å². The molecule has 2 aromatic rings. The molecule has 2 aromatic carbocycles. The van der Waals surface area contributed by atoms with Gasteiger partial charge >= 0.3 is 0 Å². The summed E-state index contributed by atoms with van der Waals surface area (Å²) in [5, 5.41) is 0. The zero-order valence-corrected chi connectivity index (χ0v) is 19.4. The number of carbonyl (C=O) groups excluding carboxylic acids is 2. The Morgan fingerprint density at radius 3 is 2.56 bits per heavy atom. The second-order valence-corrected chi connectivity index (χ2v) is 10.4. The molecule has 9 heteroatoms. The van der Waals surface area contributed by atoms with Gasteiger partial charge in [-0.2, -0.15) is 0 Å². The van der Waals surface area contributed by atoms with Gasteiger partial charge in [-0.05, 0) is 55.5 Å². The van der Waals surface area contributed by atoms with Crippen LogP contribution in [0.4, 0.5) is 11.4 Å². The normalized spacial score (nSPS) is 18.7. The quantitative estimate of drug-likeness (QED) is 0.523. The Balaban J connectivity index is 1.58. The fourth-order valence-corrected chi connectivity index (χ4v) is 5.48. The van der Waals surface area contributed by atoms with Crippen molar-refractivity contribution in [3.8, 4) is 0 Å². The van der Waals surface area contributed by atoms with Crippen molar-refractivity contribution >= 4 is 51.1 Å². The summed E-state index contributed by atoms with van der Waals surface area (Å²) in [7, 11) is -3.92. The Kier molecular flexibility index (Phi) is 6.66. The average molecular weight is 472 g/mol. The average Bonchev–Trinajstić information content (AvgIpc) is 3.08. The van der Waals surface area contributed by atoms with E-state index in [2.05, 4.69) is 9.71 Å². The molecule has 0 spiro atoms. The molecule has 0 aromatic heterocycles. The molecule has 1 fully saturated rings. The minimum absolute atomic E-state index is 0.0442. The molecule has 7 nitrogen and oxygen atoms in total. The van der Waals surface area contributed by atoms with Crippen LogP contribution in [0.1, 0.15) is 36.0 Å². The van der Waals surface area contributed by atoms with Crippen LogP contribution in [0.15, 0.2) is 57.2 Å². The van der Waals surface area contributed by atoms with Gasteiger partial charge in [-0.15, -0.1) is 11.8 Å².